The summed E-state index contributed by atoms with van der Waals surface area (Å²) in [6.45, 7) is 14.4. The summed E-state index contributed by atoms with van der Waals surface area (Å²) >= 11 is 0. The van der Waals surface area contributed by atoms with Crippen molar-refractivity contribution in [2.75, 3.05) is 0 Å². The summed E-state index contributed by atoms with van der Waals surface area (Å²) in [5.74, 6) is 0.680. The molecule has 0 radical (unpaired) electrons. The molecule has 0 aromatic carbocycles. The van der Waals surface area contributed by atoms with Crippen LogP contribution in [-0.2, 0) is 9.31 Å². The highest BCUT2D eigenvalue weighted by molar-refractivity contribution is 6.62. The van der Waals surface area contributed by atoms with Crippen LogP contribution in [0.15, 0.2) is 24.4 Å². The molecule has 3 aromatic rings. The van der Waals surface area contributed by atoms with Gasteiger partial charge in [-0.1, -0.05) is 0 Å². The molecule has 1 aliphatic rings. The Balaban J connectivity index is 1.79. The Morgan fingerprint density at radius 2 is 1.50 bits per heavy atom. The van der Waals surface area contributed by atoms with E-state index in [1.165, 1.54) is 0 Å². The number of aryl methyl sites for hydroxylation is 3. The molecule has 7 heteroatoms. The van der Waals surface area contributed by atoms with Crippen LogP contribution in [0.3, 0.4) is 0 Å². The van der Waals surface area contributed by atoms with Crippen molar-refractivity contribution in [3.05, 3.63) is 41.3 Å². The third-order valence-corrected chi connectivity index (χ3v) is 5.76. The molecule has 4 rings (SSSR count). The minimum absolute atomic E-state index is 0.367. The standard InChI is InChI=1S/C19H25BN4O2/c1-12-8-9-13(2)24(12)17-21-16-14(3)15(10-11-23(16)22-17)20-25-18(4,5)19(6,7)26-20/h8-11H,1-7H3. The minimum atomic E-state index is -0.403. The third kappa shape index (κ3) is 2.41. The zero-order valence-electron chi connectivity index (χ0n) is 16.5. The summed E-state index contributed by atoms with van der Waals surface area (Å²) in [6.07, 6.45) is 1.92. The first kappa shape index (κ1) is 17.3. The Kier molecular flexibility index (Phi) is 3.62. The molecular weight excluding hydrogens is 327 g/mol. The summed E-state index contributed by atoms with van der Waals surface area (Å²) in [5, 5.41) is 4.65. The van der Waals surface area contributed by atoms with Crippen LogP contribution in [0.2, 0.25) is 0 Å². The number of nitrogens with zero attached hydrogens (tertiary/aromatic N) is 4. The predicted molar refractivity (Wildman–Crippen MR) is 102 cm³/mol. The average Bonchev–Trinajstić information content (AvgIpc) is 3.15. The zero-order chi connectivity index (χ0) is 18.9. The Bertz CT molecular complexity index is 967. The van der Waals surface area contributed by atoms with Crippen LogP contribution in [0, 0.1) is 20.8 Å². The Morgan fingerprint density at radius 3 is 2.08 bits per heavy atom. The fraction of sp³-hybridized carbons (Fsp3) is 0.474. The Morgan fingerprint density at radius 1 is 0.923 bits per heavy atom. The van der Waals surface area contributed by atoms with E-state index in [0.717, 1.165) is 28.1 Å². The van der Waals surface area contributed by atoms with Crippen molar-refractivity contribution in [3.63, 3.8) is 0 Å². The molecular formula is C19H25BN4O2. The van der Waals surface area contributed by atoms with Gasteiger partial charge in [0.15, 0.2) is 5.65 Å². The quantitative estimate of drug-likeness (QED) is 0.666. The van der Waals surface area contributed by atoms with E-state index in [0.29, 0.717) is 5.95 Å². The van der Waals surface area contributed by atoms with Gasteiger partial charge in [0.05, 0.1) is 11.2 Å². The van der Waals surface area contributed by atoms with Gasteiger partial charge in [-0.3, -0.25) is 4.57 Å². The normalized spacial score (nSPS) is 18.8. The molecule has 0 spiro atoms. The maximum absolute atomic E-state index is 6.21. The second-order valence-electron chi connectivity index (χ2n) is 8.12. The van der Waals surface area contributed by atoms with Gasteiger partial charge in [0.2, 0.25) is 0 Å². The van der Waals surface area contributed by atoms with E-state index in [-0.39, 0.29) is 11.2 Å². The van der Waals surface area contributed by atoms with E-state index >= 15 is 0 Å². The lowest BCUT2D eigenvalue weighted by Gasteiger charge is -2.32. The lowest BCUT2D eigenvalue weighted by molar-refractivity contribution is 0.00578. The number of hydrogen-bond acceptors (Lipinski definition) is 4. The van der Waals surface area contributed by atoms with Crippen LogP contribution in [0.4, 0.5) is 0 Å². The third-order valence-electron chi connectivity index (χ3n) is 5.76. The highest BCUT2D eigenvalue weighted by Crippen LogP contribution is 2.36. The second kappa shape index (κ2) is 5.44. The molecule has 136 valence electrons. The van der Waals surface area contributed by atoms with Crippen molar-refractivity contribution < 1.29 is 9.31 Å². The van der Waals surface area contributed by atoms with E-state index in [1.807, 2.05) is 23.7 Å². The van der Waals surface area contributed by atoms with Crippen molar-refractivity contribution >= 4 is 18.2 Å². The number of pyridine rings is 1. The zero-order valence-corrected chi connectivity index (χ0v) is 16.5. The summed E-state index contributed by atoms with van der Waals surface area (Å²) in [4.78, 5) is 4.78. The average molecular weight is 352 g/mol. The minimum Gasteiger partial charge on any atom is -0.399 e. The van der Waals surface area contributed by atoms with Gasteiger partial charge in [0.1, 0.15) is 0 Å². The molecule has 0 aliphatic carbocycles. The first-order chi connectivity index (χ1) is 12.1. The van der Waals surface area contributed by atoms with E-state index in [1.54, 1.807) is 0 Å². The molecule has 26 heavy (non-hydrogen) atoms. The number of aromatic nitrogens is 4. The topological polar surface area (TPSA) is 53.6 Å². The van der Waals surface area contributed by atoms with Gasteiger partial charge in [-0.25, -0.2) is 4.52 Å². The highest BCUT2D eigenvalue weighted by atomic mass is 16.7. The summed E-state index contributed by atoms with van der Waals surface area (Å²) in [6, 6.07) is 6.16. The number of fused-ring (bicyclic) bond motifs is 1. The molecule has 0 unspecified atom stereocenters. The highest BCUT2D eigenvalue weighted by Gasteiger charge is 2.52. The molecule has 0 saturated carbocycles. The number of rotatable bonds is 2. The molecule has 1 saturated heterocycles. The van der Waals surface area contributed by atoms with Crippen LogP contribution in [0.5, 0.6) is 0 Å². The lowest BCUT2D eigenvalue weighted by atomic mass is 9.77. The molecule has 3 aromatic heterocycles. The van der Waals surface area contributed by atoms with Crippen LogP contribution < -0.4 is 5.46 Å². The monoisotopic (exact) mass is 352 g/mol. The molecule has 0 amide bonds. The first-order valence-electron chi connectivity index (χ1n) is 8.97. The van der Waals surface area contributed by atoms with Crippen LogP contribution >= 0.6 is 0 Å². The van der Waals surface area contributed by atoms with Gasteiger partial charge in [-0.05, 0) is 77.7 Å². The van der Waals surface area contributed by atoms with Gasteiger partial charge in [0, 0.05) is 17.6 Å². The Hall–Kier alpha value is -2.12. The van der Waals surface area contributed by atoms with Crippen molar-refractivity contribution in [3.8, 4) is 5.95 Å². The van der Waals surface area contributed by atoms with Gasteiger partial charge in [-0.2, -0.15) is 4.98 Å². The molecule has 1 fully saturated rings. The van der Waals surface area contributed by atoms with Crippen LogP contribution in [0.1, 0.15) is 44.6 Å². The largest absolute Gasteiger partial charge is 0.495 e. The van der Waals surface area contributed by atoms with Crippen molar-refractivity contribution in [2.45, 2.75) is 59.7 Å². The predicted octanol–water partition coefficient (Wildman–Crippen LogP) is 2.74. The van der Waals surface area contributed by atoms with Gasteiger partial charge in [0.25, 0.3) is 5.95 Å². The lowest BCUT2D eigenvalue weighted by Crippen LogP contribution is -2.41. The van der Waals surface area contributed by atoms with E-state index in [2.05, 4.69) is 63.3 Å². The van der Waals surface area contributed by atoms with E-state index in [4.69, 9.17) is 14.3 Å². The maximum Gasteiger partial charge on any atom is 0.495 e. The van der Waals surface area contributed by atoms with E-state index < -0.39 is 7.12 Å². The molecule has 0 N–H and O–H groups in total. The van der Waals surface area contributed by atoms with Crippen molar-refractivity contribution in [1.29, 1.82) is 0 Å². The smallest absolute Gasteiger partial charge is 0.399 e. The number of hydrogen-bond donors (Lipinski definition) is 0. The van der Waals surface area contributed by atoms with Gasteiger partial charge < -0.3 is 9.31 Å². The summed E-state index contributed by atoms with van der Waals surface area (Å²) in [7, 11) is -0.403. The van der Waals surface area contributed by atoms with Gasteiger partial charge in [-0.15, -0.1) is 5.10 Å². The molecule has 1 aliphatic heterocycles. The second-order valence-corrected chi connectivity index (χ2v) is 8.12. The van der Waals surface area contributed by atoms with Crippen molar-refractivity contribution in [2.24, 2.45) is 0 Å². The molecule has 6 nitrogen and oxygen atoms in total. The Labute approximate surface area is 154 Å². The fourth-order valence-corrected chi connectivity index (χ4v) is 3.38. The first-order valence-corrected chi connectivity index (χ1v) is 8.97. The molecule has 0 atom stereocenters. The fourth-order valence-electron chi connectivity index (χ4n) is 3.38. The molecule has 4 heterocycles. The SMILES string of the molecule is Cc1c(B2OC(C)(C)C(C)(C)O2)ccn2nc(-n3c(C)ccc3C)nc12. The van der Waals surface area contributed by atoms with Gasteiger partial charge >= 0.3 is 7.12 Å². The van der Waals surface area contributed by atoms with Crippen LogP contribution in [0.25, 0.3) is 11.6 Å². The maximum atomic E-state index is 6.21. The molecule has 0 bridgehead atoms. The summed E-state index contributed by atoms with van der Waals surface area (Å²) < 4.78 is 16.3. The summed E-state index contributed by atoms with van der Waals surface area (Å²) in [5.41, 5.74) is 4.33. The van der Waals surface area contributed by atoms with E-state index in [9.17, 15) is 0 Å². The van der Waals surface area contributed by atoms with Crippen molar-refractivity contribution in [1.82, 2.24) is 19.2 Å². The van der Waals surface area contributed by atoms with Crippen LogP contribution in [-0.4, -0.2) is 37.5 Å².